The van der Waals surface area contributed by atoms with Gasteiger partial charge in [0.05, 0.1) is 28.1 Å². The maximum absolute atomic E-state index is 12.5. The average Bonchev–Trinajstić information content (AvgIpc) is 3.21. The number of nitrogens with zero attached hydrogens (tertiary/aromatic N) is 3. The number of aliphatic carboxylic acids is 4. The summed E-state index contributed by atoms with van der Waals surface area (Å²) in [6, 6.07) is 24.1. The van der Waals surface area contributed by atoms with Crippen LogP contribution in [0.15, 0.2) is 72.8 Å². The summed E-state index contributed by atoms with van der Waals surface area (Å²) in [7, 11) is 0. The maximum atomic E-state index is 12.5. The van der Waals surface area contributed by atoms with Crippen LogP contribution in [0.25, 0.3) is 0 Å². The third kappa shape index (κ3) is 20.7. The van der Waals surface area contributed by atoms with Gasteiger partial charge in [-0.25, -0.2) is 4.39 Å². The topological polar surface area (TPSA) is 283 Å². The average molecular weight is 840 g/mol. The van der Waals surface area contributed by atoms with E-state index in [4.69, 9.17) is 41.9 Å². The van der Waals surface area contributed by atoms with E-state index < -0.39 is 53.9 Å². The van der Waals surface area contributed by atoms with Gasteiger partial charge in [-0.05, 0) is 127 Å². The van der Waals surface area contributed by atoms with Crippen LogP contribution in [-0.4, -0.2) is 68.5 Å². The highest BCUT2D eigenvalue weighted by molar-refractivity contribution is 5.79. The highest BCUT2D eigenvalue weighted by atomic mass is 19.1. The van der Waals surface area contributed by atoms with Crippen LogP contribution < -0.4 is 21.7 Å². The number of carbonyl (C=O) groups is 4. The van der Waals surface area contributed by atoms with Gasteiger partial charge in [0.1, 0.15) is 48.2 Å². The van der Waals surface area contributed by atoms with Crippen molar-refractivity contribution >= 4 is 40.9 Å². The van der Waals surface area contributed by atoms with Crippen molar-refractivity contribution < 1.29 is 44.0 Å². The molecule has 0 amide bonds. The Balaban J connectivity index is 0.000000759. The van der Waals surface area contributed by atoms with Crippen molar-refractivity contribution in [3.63, 3.8) is 0 Å². The molecule has 9 N–H and O–H groups in total. The highest BCUT2D eigenvalue weighted by Crippen LogP contribution is 2.20. The molecule has 4 atom stereocenters. The molecule has 61 heavy (non-hydrogen) atoms. The van der Waals surface area contributed by atoms with Crippen LogP contribution in [0.1, 0.15) is 79.1 Å². The van der Waals surface area contributed by atoms with Gasteiger partial charge in [0.2, 0.25) is 0 Å². The number of benzene rings is 4. The predicted octanol–water partition coefficient (Wildman–Crippen LogP) is 7.37. The van der Waals surface area contributed by atoms with Gasteiger partial charge in [-0.2, -0.15) is 15.8 Å². The van der Waals surface area contributed by atoms with E-state index >= 15 is 0 Å². The van der Waals surface area contributed by atoms with Gasteiger partial charge in [0.15, 0.2) is 0 Å². The molecular formula is C45H54FN7O8. The molecule has 15 nitrogen and oxygen atoms in total. The summed E-state index contributed by atoms with van der Waals surface area (Å²) < 4.78 is 12.5. The van der Waals surface area contributed by atoms with Gasteiger partial charge in [-0.15, -0.1) is 0 Å². The molecular weight excluding hydrogens is 786 g/mol. The van der Waals surface area contributed by atoms with E-state index in [0.29, 0.717) is 22.5 Å². The van der Waals surface area contributed by atoms with Crippen molar-refractivity contribution in [1.29, 1.82) is 15.8 Å². The summed E-state index contributed by atoms with van der Waals surface area (Å²) in [5.74, 6) is -4.14. The minimum atomic E-state index is -0.963. The van der Waals surface area contributed by atoms with Crippen molar-refractivity contribution in [3.8, 4) is 18.2 Å². The van der Waals surface area contributed by atoms with Crippen molar-refractivity contribution in [1.82, 2.24) is 0 Å². The zero-order valence-electron chi connectivity index (χ0n) is 35.7. The maximum Gasteiger partial charge on any atom is 0.325 e. The van der Waals surface area contributed by atoms with Crippen molar-refractivity contribution in [2.24, 2.45) is 5.73 Å². The number of hydrogen-bond acceptors (Lipinski definition) is 11. The highest BCUT2D eigenvalue weighted by Gasteiger charge is 2.14. The van der Waals surface area contributed by atoms with Crippen LogP contribution in [0.4, 0.5) is 21.5 Å². The number of anilines is 3. The van der Waals surface area contributed by atoms with Gasteiger partial charge in [0, 0.05) is 5.69 Å². The molecule has 4 aromatic carbocycles. The SMILES string of the molecule is CC(N)C(=O)O.CCc1cc(C)ccc1NC(C)C(=O)O.Cc1ccc(F)c(C#N)c1.Cc1ccc(NC(C)C(=O)O)c(C#N)c1.Cc1ccc(NC(C)C(=O)O)c(C#N)c1. The van der Waals surface area contributed by atoms with Crippen molar-refractivity contribution in [3.05, 3.63) is 123 Å². The first-order valence-corrected chi connectivity index (χ1v) is 18.7. The van der Waals surface area contributed by atoms with Crippen LogP contribution in [0.3, 0.4) is 0 Å². The quantitative estimate of drug-likeness (QED) is 0.0732. The summed E-state index contributed by atoms with van der Waals surface area (Å²) in [5.41, 5.74) is 13.1. The molecule has 0 aliphatic heterocycles. The summed E-state index contributed by atoms with van der Waals surface area (Å²) in [5, 5.41) is 68.7. The van der Waals surface area contributed by atoms with E-state index in [2.05, 4.69) is 28.9 Å². The first-order valence-electron chi connectivity index (χ1n) is 18.7. The van der Waals surface area contributed by atoms with Gasteiger partial charge >= 0.3 is 23.9 Å². The number of carboxylic acids is 4. The lowest BCUT2D eigenvalue weighted by Crippen LogP contribution is -2.25. The Bertz CT molecular complexity index is 2160. The van der Waals surface area contributed by atoms with E-state index in [0.717, 1.165) is 34.4 Å². The first-order chi connectivity index (χ1) is 28.5. The largest absolute Gasteiger partial charge is 0.480 e. The standard InChI is InChI=1S/C12H17NO2.2C11H12N2O2.C8H6FN.C3H7NO2/c1-4-10-7-8(2)5-6-11(10)13-9(3)12(14)15;2*1-7-3-4-10(9(5-7)6-12)13-8(2)11(14)15;1-6-2-3-8(9)7(4-6)5-10;1-2(4)3(5)6/h5-7,9,13H,4H2,1-3H3,(H,14,15);2*3-5,8,13H,1-2H3,(H,14,15);2-4H,1H3;2H,4H2,1H3,(H,5,6). The smallest absolute Gasteiger partial charge is 0.325 e. The lowest BCUT2D eigenvalue weighted by atomic mass is 10.1. The fraction of sp³-hybridized carbons (Fsp3) is 0.311. The van der Waals surface area contributed by atoms with Crippen LogP contribution in [0, 0.1) is 67.5 Å². The number of nitrogens with two attached hydrogens (primary N) is 1. The fourth-order valence-corrected chi connectivity index (χ4v) is 4.52. The van der Waals surface area contributed by atoms with E-state index in [1.807, 2.05) is 64.1 Å². The number of nitrogens with one attached hydrogen (secondary N) is 3. The number of rotatable bonds is 11. The molecule has 0 aliphatic carbocycles. The first kappa shape index (κ1) is 53.5. The second-order valence-corrected chi connectivity index (χ2v) is 13.7. The molecule has 4 unspecified atom stereocenters. The molecule has 0 radical (unpaired) electrons. The van der Waals surface area contributed by atoms with Crippen molar-refractivity contribution in [2.75, 3.05) is 16.0 Å². The molecule has 4 aromatic rings. The number of halogens is 1. The molecule has 0 aliphatic rings. The Morgan fingerprint density at radius 2 is 0.852 bits per heavy atom. The molecule has 0 heterocycles. The molecule has 0 fully saturated rings. The summed E-state index contributed by atoms with van der Waals surface area (Å²) in [6.45, 7) is 15.8. The molecule has 0 bridgehead atoms. The second kappa shape index (κ2) is 27.3. The Morgan fingerprint density at radius 1 is 0.557 bits per heavy atom. The Hall–Kier alpha value is -7.48. The number of carboxylic acid groups (broad SMARTS) is 4. The Morgan fingerprint density at radius 3 is 1.15 bits per heavy atom. The molecule has 0 spiro atoms. The monoisotopic (exact) mass is 839 g/mol. The van der Waals surface area contributed by atoms with Crippen LogP contribution in [0.2, 0.25) is 0 Å². The van der Waals surface area contributed by atoms with Gasteiger partial charge < -0.3 is 42.1 Å². The molecule has 0 aromatic heterocycles. The number of aryl methyl sites for hydroxylation is 5. The van der Waals surface area contributed by atoms with E-state index in [1.165, 1.54) is 38.5 Å². The van der Waals surface area contributed by atoms with Crippen molar-refractivity contribution in [2.45, 2.75) is 92.9 Å². The fourth-order valence-electron chi connectivity index (χ4n) is 4.52. The lowest BCUT2D eigenvalue weighted by Gasteiger charge is -2.14. The van der Waals surface area contributed by atoms with Gasteiger partial charge in [-0.1, -0.05) is 42.8 Å². The Labute approximate surface area is 355 Å². The van der Waals surface area contributed by atoms with Crippen LogP contribution >= 0.6 is 0 Å². The predicted molar refractivity (Wildman–Crippen MR) is 232 cm³/mol. The summed E-state index contributed by atoms with van der Waals surface area (Å²) in [6.07, 6.45) is 0.899. The molecule has 324 valence electrons. The van der Waals surface area contributed by atoms with Gasteiger partial charge in [-0.3, -0.25) is 19.2 Å². The van der Waals surface area contributed by atoms with Gasteiger partial charge in [0.25, 0.3) is 0 Å². The normalized spacial score (nSPS) is 11.5. The zero-order valence-corrected chi connectivity index (χ0v) is 35.7. The lowest BCUT2D eigenvalue weighted by molar-refractivity contribution is -0.138. The van der Waals surface area contributed by atoms with Crippen LogP contribution in [0.5, 0.6) is 0 Å². The zero-order chi connectivity index (χ0) is 47.0. The molecule has 0 saturated carbocycles. The second-order valence-electron chi connectivity index (χ2n) is 13.7. The molecule has 0 saturated heterocycles. The molecule has 16 heteroatoms. The summed E-state index contributed by atoms with van der Waals surface area (Å²) in [4.78, 5) is 41.5. The van der Waals surface area contributed by atoms with Crippen LogP contribution in [-0.2, 0) is 25.6 Å². The minimum absolute atomic E-state index is 0.111. The number of nitriles is 3. The third-order valence-corrected chi connectivity index (χ3v) is 8.09. The Kier molecular flexibility index (Phi) is 23.9. The molecule has 4 rings (SSSR count). The van der Waals surface area contributed by atoms with E-state index in [-0.39, 0.29) is 5.56 Å². The summed E-state index contributed by atoms with van der Waals surface area (Å²) >= 11 is 0. The number of hydrogen-bond donors (Lipinski definition) is 8. The van der Waals surface area contributed by atoms with E-state index in [1.54, 1.807) is 43.3 Å². The third-order valence-electron chi connectivity index (χ3n) is 8.09. The van der Waals surface area contributed by atoms with E-state index in [9.17, 15) is 23.6 Å². The minimum Gasteiger partial charge on any atom is -0.480 e.